The minimum atomic E-state index is 0. The van der Waals surface area contributed by atoms with Gasteiger partial charge in [0.05, 0.1) is 6.61 Å². The molecule has 6 heteroatoms. The summed E-state index contributed by atoms with van der Waals surface area (Å²) in [6.07, 6.45) is 5.44. The second-order valence-corrected chi connectivity index (χ2v) is 6.96. The molecule has 5 nitrogen and oxygen atoms in total. The van der Waals surface area contributed by atoms with E-state index in [1.54, 1.807) is 0 Å². The largest absolute Gasteiger partial charge is 0.379 e. The minimum absolute atomic E-state index is 0. The van der Waals surface area contributed by atoms with E-state index >= 15 is 0 Å². The normalized spacial score (nSPS) is 22.6. The van der Waals surface area contributed by atoms with Gasteiger partial charge in [-0.15, -0.1) is 24.0 Å². The van der Waals surface area contributed by atoms with E-state index in [9.17, 15) is 0 Å². The third-order valence-corrected chi connectivity index (χ3v) is 4.65. The minimum Gasteiger partial charge on any atom is -0.379 e. The lowest BCUT2D eigenvalue weighted by Gasteiger charge is -2.31. The van der Waals surface area contributed by atoms with E-state index in [-0.39, 0.29) is 24.0 Å². The van der Waals surface area contributed by atoms with Gasteiger partial charge in [0, 0.05) is 46.9 Å². The van der Waals surface area contributed by atoms with Crippen molar-refractivity contribution in [3.8, 4) is 0 Å². The molecule has 0 aromatic carbocycles. The highest BCUT2D eigenvalue weighted by molar-refractivity contribution is 14.0. The number of guanidine groups is 1. The topological polar surface area (TPSA) is 40.1 Å². The maximum Gasteiger partial charge on any atom is 0.193 e. The third kappa shape index (κ3) is 8.54. The summed E-state index contributed by atoms with van der Waals surface area (Å²) in [4.78, 5) is 9.09. The van der Waals surface area contributed by atoms with Crippen molar-refractivity contribution in [1.29, 1.82) is 0 Å². The second kappa shape index (κ2) is 11.5. The Hall–Kier alpha value is -0.0800. The fraction of sp³-hybridized carbons (Fsp3) is 0.941. The summed E-state index contributed by atoms with van der Waals surface area (Å²) < 4.78 is 5.70. The number of hydrogen-bond acceptors (Lipinski definition) is 3. The van der Waals surface area contributed by atoms with Gasteiger partial charge in [0.2, 0.25) is 0 Å². The number of likely N-dealkylation sites (tertiary alicyclic amines) is 1. The number of rotatable bonds is 8. The fourth-order valence-corrected chi connectivity index (χ4v) is 3.04. The number of halogens is 1. The Labute approximate surface area is 159 Å². The summed E-state index contributed by atoms with van der Waals surface area (Å²) >= 11 is 0. The number of piperidine rings is 1. The molecule has 2 fully saturated rings. The van der Waals surface area contributed by atoms with Gasteiger partial charge in [-0.05, 0) is 44.1 Å². The Morgan fingerprint density at radius 3 is 2.78 bits per heavy atom. The van der Waals surface area contributed by atoms with Crippen LogP contribution in [-0.2, 0) is 4.74 Å². The van der Waals surface area contributed by atoms with Gasteiger partial charge in [0.25, 0.3) is 0 Å². The molecule has 0 bridgehead atoms. The smallest absolute Gasteiger partial charge is 0.193 e. The zero-order valence-corrected chi connectivity index (χ0v) is 17.4. The summed E-state index contributed by atoms with van der Waals surface area (Å²) in [5.74, 6) is 2.66. The van der Waals surface area contributed by atoms with Crippen molar-refractivity contribution >= 4 is 29.9 Å². The van der Waals surface area contributed by atoms with E-state index in [0.717, 1.165) is 50.6 Å². The Morgan fingerprint density at radius 1 is 1.35 bits per heavy atom. The molecule has 2 rings (SSSR count). The summed E-state index contributed by atoms with van der Waals surface area (Å²) in [5.41, 5.74) is 0. The van der Waals surface area contributed by atoms with Crippen LogP contribution in [0.15, 0.2) is 4.99 Å². The van der Waals surface area contributed by atoms with Gasteiger partial charge in [-0.2, -0.15) is 0 Å². The predicted molar refractivity (Wildman–Crippen MR) is 108 cm³/mol. The highest BCUT2D eigenvalue weighted by Crippen LogP contribution is 2.28. The molecule has 1 aliphatic heterocycles. The van der Waals surface area contributed by atoms with Gasteiger partial charge >= 0.3 is 0 Å². The zero-order valence-electron chi connectivity index (χ0n) is 15.1. The lowest BCUT2D eigenvalue weighted by molar-refractivity contribution is 0.115. The van der Waals surface area contributed by atoms with Crippen molar-refractivity contribution in [3.05, 3.63) is 0 Å². The Balaban J connectivity index is 0.00000264. The third-order valence-electron chi connectivity index (χ3n) is 4.65. The van der Waals surface area contributed by atoms with Crippen LogP contribution in [0, 0.1) is 11.8 Å². The molecule has 1 unspecified atom stereocenters. The molecule has 0 amide bonds. The predicted octanol–water partition coefficient (Wildman–Crippen LogP) is 2.27. The SMILES string of the molecule is CN=C(NCCN1CCCC(C)C1)N(C)CCOCC1CC1.I. The molecule has 1 N–H and O–H groups in total. The van der Waals surface area contributed by atoms with Crippen LogP contribution in [0.3, 0.4) is 0 Å². The van der Waals surface area contributed by atoms with Gasteiger partial charge in [0.1, 0.15) is 0 Å². The Kier molecular flexibility index (Phi) is 10.5. The number of likely N-dealkylation sites (N-methyl/N-ethyl adjacent to an activating group) is 1. The first kappa shape index (κ1) is 21.0. The van der Waals surface area contributed by atoms with Gasteiger partial charge < -0.3 is 19.9 Å². The number of ether oxygens (including phenoxy) is 1. The zero-order chi connectivity index (χ0) is 15.8. The summed E-state index contributed by atoms with van der Waals surface area (Å²) in [7, 11) is 3.94. The number of nitrogens with zero attached hydrogens (tertiary/aromatic N) is 3. The van der Waals surface area contributed by atoms with E-state index < -0.39 is 0 Å². The molecule has 1 heterocycles. The average molecular weight is 438 g/mol. The molecule has 23 heavy (non-hydrogen) atoms. The van der Waals surface area contributed by atoms with E-state index in [4.69, 9.17) is 4.74 Å². The van der Waals surface area contributed by atoms with Crippen molar-refractivity contribution in [2.45, 2.75) is 32.6 Å². The monoisotopic (exact) mass is 438 g/mol. The number of nitrogens with one attached hydrogen (secondary N) is 1. The molecular weight excluding hydrogens is 403 g/mol. The molecule has 0 spiro atoms. The first-order valence-corrected chi connectivity index (χ1v) is 8.91. The van der Waals surface area contributed by atoms with Crippen molar-refractivity contribution in [2.75, 3.05) is 60.0 Å². The number of hydrogen-bond donors (Lipinski definition) is 1. The van der Waals surface area contributed by atoms with Crippen LogP contribution in [0.4, 0.5) is 0 Å². The van der Waals surface area contributed by atoms with Crippen LogP contribution in [0.25, 0.3) is 0 Å². The lowest BCUT2D eigenvalue weighted by Crippen LogP contribution is -2.45. The quantitative estimate of drug-likeness (QED) is 0.273. The second-order valence-electron chi connectivity index (χ2n) is 6.96. The summed E-state index contributed by atoms with van der Waals surface area (Å²) in [5, 5.41) is 3.47. The molecule has 2 aliphatic rings. The maximum atomic E-state index is 5.70. The van der Waals surface area contributed by atoms with Crippen LogP contribution in [0.5, 0.6) is 0 Å². The van der Waals surface area contributed by atoms with E-state index in [1.807, 2.05) is 7.05 Å². The molecule has 0 aromatic heterocycles. The van der Waals surface area contributed by atoms with Gasteiger partial charge in [-0.3, -0.25) is 4.99 Å². The van der Waals surface area contributed by atoms with Gasteiger partial charge in [-0.25, -0.2) is 0 Å². The summed E-state index contributed by atoms with van der Waals surface area (Å²) in [6.45, 7) is 9.54. The first-order valence-electron chi connectivity index (χ1n) is 8.91. The fourth-order valence-electron chi connectivity index (χ4n) is 3.04. The molecule has 136 valence electrons. The van der Waals surface area contributed by atoms with Crippen molar-refractivity contribution in [3.63, 3.8) is 0 Å². The van der Waals surface area contributed by atoms with E-state index in [1.165, 1.54) is 38.8 Å². The van der Waals surface area contributed by atoms with E-state index in [2.05, 4.69) is 34.1 Å². The van der Waals surface area contributed by atoms with Crippen LogP contribution in [0.2, 0.25) is 0 Å². The average Bonchev–Trinajstić information content (AvgIpc) is 3.32. The highest BCUT2D eigenvalue weighted by atomic mass is 127. The molecule has 1 aliphatic carbocycles. The molecule has 1 saturated heterocycles. The van der Waals surface area contributed by atoms with Crippen LogP contribution < -0.4 is 5.32 Å². The highest BCUT2D eigenvalue weighted by Gasteiger charge is 2.21. The standard InChI is InChI=1S/C17H34N4O.HI/c1-15-5-4-9-21(13-15)10-8-19-17(18-2)20(3)11-12-22-14-16-6-7-16;/h15-16H,4-14H2,1-3H3,(H,18,19);1H. The first-order chi connectivity index (χ1) is 10.7. The van der Waals surface area contributed by atoms with Crippen LogP contribution in [0.1, 0.15) is 32.6 Å². The molecule has 0 radical (unpaired) electrons. The molecule has 1 atom stereocenters. The van der Waals surface area contributed by atoms with Crippen LogP contribution in [-0.4, -0.2) is 75.8 Å². The van der Waals surface area contributed by atoms with Crippen molar-refractivity contribution in [1.82, 2.24) is 15.1 Å². The Morgan fingerprint density at radius 2 is 2.13 bits per heavy atom. The maximum absolute atomic E-state index is 5.70. The molecule has 1 saturated carbocycles. The lowest BCUT2D eigenvalue weighted by atomic mass is 10.0. The van der Waals surface area contributed by atoms with E-state index in [0.29, 0.717) is 0 Å². The van der Waals surface area contributed by atoms with Gasteiger partial charge in [0.15, 0.2) is 5.96 Å². The van der Waals surface area contributed by atoms with Crippen molar-refractivity contribution < 1.29 is 4.74 Å². The molecule has 0 aromatic rings. The Bertz CT molecular complexity index is 349. The summed E-state index contributed by atoms with van der Waals surface area (Å²) in [6, 6.07) is 0. The van der Waals surface area contributed by atoms with Crippen LogP contribution >= 0.6 is 24.0 Å². The molecular formula is C17H35IN4O. The van der Waals surface area contributed by atoms with Crippen molar-refractivity contribution in [2.24, 2.45) is 16.8 Å². The number of aliphatic imine (C=N–C) groups is 1. The van der Waals surface area contributed by atoms with Gasteiger partial charge in [-0.1, -0.05) is 6.92 Å².